The minimum Gasteiger partial charge on any atom is -0.497 e. The van der Waals surface area contributed by atoms with Crippen LogP contribution in [0.15, 0.2) is 89.7 Å². The molecule has 1 aromatic carbocycles. The number of methoxy groups -OCH3 is 1. The zero-order valence-electron chi connectivity index (χ0n) is 25.3. The fourth-order valence-electron chi connectivity index (χ4n) is 4.43. The first-order valence-corrected chi connectivity index (χ1v) is 14.3. The summed E-state index contributed by atoms with van der Waals surface area (Å²) in [5.41, 5.74) is 7.96. The highest BCUT2D eigenvalue weighted by Gasteiger charge is 2.13. The number of ketones is 1. The van der Waals surface area contributed by atoms with Crippen LogP contribution in [0.2, 0.25) is 0 Å². The van der Waals surface area contributed by atoms with Gasteiger partial charge >= 0.3 is 0 Å². The maximum Gasteiger partial charge on any atom is 0.155 e. The largest absolute Gasteiger partial charge is 0.497 e. The van der Waals surface area contributed by atoms with E-state index >= 15 is 0 Å². The van der Waals surface area contributed by atoms with E-state index in [9.17, 15) is 4.79 Å². The van der Waals surface area contributed by atoms with Crippen molar-refractivity contribution in [2.24, 2.45) is 5.92 Å². The third kappa shape index (κ3) is 11.5. The van der Waals surface area contributed by atoms with E-state index in [1.54, 1.807) is 7.11 Å². The van der Waals surface area contributed by atoms with Crippen LogP contribution in [0.1, 0.15) is 86.1 Å². The molecule has 0 atom stereocenters. The number of carbonyl (C=O) groups is 1. The van der Waals surface area contributed by atoms with Gasteiger partial charge in [-0.2, -0.15) is 0 Å². The maximum atomic E-state index is 11.5. The summed E-state index contributed by atoms with van der Waals surface area (Å²) in [5.74, 6) is 1.81. The van der Waals surface area contributed by atoms with Gasteiger partial charge in [-0.15, -0.1) is 0 Å². The Morgan fingerprint density at radius 3 is 2.34 bits per heavy atom. The molecule has 38 heavy (non-hydrogen) atoms. The van der Waals surface area contributed by atoms with Crippen LogP contribution in [0.5, 0.6) is 5.75 Å². The van der Waals surface area contributed by atoms with Crippen LogP contribution in [0.3, 0.4) is 0 Å². The minimum atomic E-state index is 0.255. The topological polar surface area (TPSA) is 29.5 Å². The van der Waals surface area contributed by atoms with Gasteiger partial charge in [0.05, 0.1) is 7.11 Å². The molecule has 0 N–H and O–H groups in total. The molecule has 1 fully saturated rings. The van der Waals surface area contributed by atoms with E-state index in [-0.39, 0.29) is 5.78 Å². The van der Waals surface area contributed by atoms with Gasteiger partial charge in [0, 0.05) is 25.2 Å². The predicted molar refractivity (Wildman–Crippen MR) is 166 cm³/mol. The first-order valence-electron chi connectivity index (χ1n) is 14.3. The molecule has 0 spiro atoms. The second-order valence-corrected chi connectivity index (χ2v) is 9.86. The van der Waals surface area contributed by atoms with Gasteiger partial charge in [-0.1, -0.05) is 88.8 Å². The lowest BCUT2D eigenvalue weighted by Crippen LogP contribution is -2.22. The van der Waals surface area contributed by atoms with Crippen molar-refractivity contribution < 1.29 is 9.53 Å². The van der Waals surface area contributed by atoms with Gasteiger partial charge in [0.1, 0.15) is 5.75 Å². The normalized spacial score (nSPS) is 17.0. The fraction of sp³-hybridized carbons (Fsp3) is 0.457. The molecule has 0 bridgehead atoms. The highest BCUT2D eigenvalue weighted by molar-refractivity contribution is 5.90. The summed E-state index contributed by atoms with van der Waals surface area (Å²) in [5, 5.41) is 0. The van der Waals surface area contributed by atoms with Crippen LogP contribution in [-0.2, 0) is 4.79 Å². The Morgan fingerprint density at radius 1 is 1.11 bits per heavy atom. The Bertz CT molecular complexity index is 1030. The Morgan fingerprint density at radius 2 is 1.79 bits per heavy atom. The summed E-state index contributed by atoms with van der Waals surface area (Å²) in [4.78, 5) is 13.9. The van der Waals surface area contributed by atoms with E-state index in [1.165, 1.54) is 33.6 Å². The molecule has 1 aromatic rings. The Hall–Kier alpha value is -3.07. The van der Waals surface area contributed by atoms with Crippen molar-refractivity contribution in [1.82, 2.24) is 4.90 Å². The van der Waals surface area contributed by atoms with Crippen LogP contribution >= 0.6 is 0 Å². The number of hydrogen-bond acceptors (Lipinski definition) is 3. The van der Waals surface area contributed by atoms with Crippen LogP contribution in [0, 0.1) is 5.92 Å². The standard InChI is InChI=1S/C18H27NO.C15H18O.C2H6/c1-5-8-15(3)13-16(4)19-11-7-9-17(10-12-19)14-18(20)6-2;1-11(2)13-4-5-14(10-13)12-6-8-15(16-3)9-7-12;1-2/h5,8,13-14H,1,6-7,9-12H2,2-4H3;5-11H,4H2,1-3H3;1-2H3/b15-8-,16-13+,17-14-;;. The highest BCUT2D eigenvalue weighted by Crippen LogP contribution is 2.30. The molecule has 0 radical (unpaired) electrons. The average molecular weight is 518 g/mol. The summed E-state index contributed by atoms with van der Waals surface area (Å²) < 4.78 is 5.16. The SMILES string of the molecule is C=C/C=C(C)\C=C(/C)N1CCC/C(=C/C(=O)CC)CC1.CC.COc1ccc(C2=CCC(C(C)C)=C2)cc1. The Kier molecular flexibility index (Phi) is 15.8. The molecule has 3 nitrogen and oxygen atoms in total. The molecule has 0 saturated carbocycles. The Labute approximate surface area is 233 Å². The van der Waals surface area contributed by atoms with Crippen molar-refractivity contribution in [1.29, 1.82) is 0 Å². The lowest BCUT2D eigenvalue weighted by Gasteiger charge is -2.23. The number of rotatable bonds is 8. The monoisotopic (exact) mass is 517 g/mol. The van der Waals surface area contributed by atoms with Gasteiger partial charge in [-0.25, -0.2) is 0 Å². The van der Waals surface area contributed by atoms with Crippen molar-refractivity contribution in [2.75, 3.05) is 20.2 Å². The van der Waals surface area contributed by atoms with Gasteiger partial charge in [0.2, 0.25) is 0 Å². The van der Waals surface area contributed by atoms with Crippen molar-refractivity contribution in [3.8, 4) is 5.75 Å². The van der Waals surface area contributed by atoms with Gasteiger partial charge in [-0.05, 0) is 86.4 Å². The molecule has 1 aliphatic carbocycles. The van der Waals surface area contributed by atoms with Crippen molar-refractivity contribution in [3.63, 3.8) is 0 Å². The average Bonchev–Trinajstić information content (AvgIpc) is 3.31. The number of benzene rings is 1. The van der Waals surface area contributed by atoms with Crippen LogP contribution < -0.4 is 4.74 Å². The molecule has 208 valence electrons. The van der Waals surface area contributed by atoms with Gasteiger partial charge < -0.3 is 9.64 Å². The lowest BCUT2D eigenvalue weighted by molar-refractivity contribution is -0.114. The molecular weight excluding hydrogens is 466 g/mol. The van der Waals surface area contributed by atoms with E-state index in [0.717, 1.165) is 44.5 Å². The fourth-order valence-corrected chi connectivity index (χ4v) is 4.43. The molecule has 3 rings (SSSR count). The zero-order chi connectivity index (χ0) is 28.5. The first-order chi connectivity index (χ1) is 18.3. The second kappa shape index (κ2) is 18.2. The first kappa shape index (κ1) is 33.0. The van der Waals surface area contributed by atoms with Crippen LogP contribution in [0.4, 0.5) is 0 Å². The molecule has 1 saturated heterocycles. The number of ether oxygens (including phenoxy) is 1. The van der Waals surface area contributed by atoms with E-state index in [2.05, 4.69) is 69.5 Å². The molecular formula is C35H51NO2. The second-order valence-electron chi connectivity index (χ2n) is 9.86. The number of likely N-dealkylation sites (tertiary alicyclic amines) is 1. The van der Waals surface area contributed by atoms with E-state index in [0.29, 0.717) is 12.3 Å². The number of carbonyl (C=O) groups excluding carboxylic acids is 1. The summed E-state index contributed by atoms with van der Waals surface area (Å²) in [6.45, 7) is 20.5. The molecule has 1 aliphatic heterocycles. The van der Waals surface area contributed by atoms with Gasteiger partial charge in [-0.3, -0.25) is 4.79 Å². The number of allylic oxidation sites excluding steroid dienone is 10. The highest BCUT2D eigenvalue weighted by atomic mass is 16.5. The predicted octanol–water partition coefficient (Wildman–Crippen LogP) is 9.50. The number of hydrogen-bond donors (Lipinski definition) is 0. The van der Waals surface area contributed by atoms with Gasteiger partial charge in [0.15, 0.2) is 5.78 Å². The van der Waals surface area contributed by atoms with Crippen molar-refractivity contribution >= 4 is 11.4 Å². The smallest absolute Gasteiger partial charge is 0.155 e. The molecule has 2 aliphatic rings. The number of nitrogens with zero attached hydrogens (tertiary/aromatic N) is 1. The molecule has 0 amide bonds. The summed E-state index contributed by atoms with van der Waals surface area (Å²) in [6.07, 6.45) is 17.4. The maximum absolute atomic E-state index is 11.5. The van der Waals surface area contributed by atoms with Crippen LogP contribution in [0.25, 0.3) is 5.57 Å². The van der Waals surface area contributed by atoms with E-state index < -0.39 is 0 Å². The minimum absolute atomic E-state index is 0.255. The third-order valence-corrected chi connectivity index (χ3v) is 6.72. The Balaban J connectivity index is 0.000000363. The third-order valence-electron chi connectivity index (χ3n) is 6.72. The quantitative estimate of drug-likeness (QED) is 0.254. The van der Waals surface area contributed by atoms with Crippen LogP contribution in [-0.4, -0.2) is 30.9 Å². The van der Waals surface area contributed by atoms with Crippen molar-refractivity contribution in [2.45, 2.75) is 80.6 Å². The molecule has 1 heterocycles. The van der Waals surface area contributed by atoms with E-state index in [4.69, 9.17) is 4.74 Å². The van der Waals surface area contributed by atoms with E-state index in [1.807, 2.05) is 51.1 Å². The molecule has 0 unspecified atom stereocenters. The van der Waals surface area contributed by atoms with Gasteiger partial charge in [0.25, 0.3) is 0 Å². The van der Waals surface area contributed by atoms with Crippen molar-refractivity contribution in [3.05, 3.63) is 95.3 Å². The molecule has 0 aromatic heterocycles. The molecule has 3 heteroatoms. The summed E-state index contributed by atoms with van der Waals surface area (Å²) in [6, 6.07) is 8.25. The lowest BCUT2D eigenvalue weighted by atomic mass is 10.0. The zero-order valence-corrected chi connectivity index (χ0v) is 25.3. The summed E-state index contributed by atoms with van der Waals surface area (Å²) in [7, 11) is 1.70. The summed E-state index contributed by atoms with van der Waals surface area (Å²) >= 11 is 0.